The van der Waals surface area contributed by atoms with Crippen LogP contribution in [0.2, 0.25) is 5.02 Å². The summed E-state index contributed by atoms with van der Waals surface area (Å²) in [5.74, 6) is -4.97. The average Bonchev–Trinajstić information content (AvgIpc) is 2.68. The third-order valence-electron chi connectivity index (χ3n) is 3.60. The second kappa shape index (κ2) is 9.10. The quantitative estimate of drug-likeness (QED) is 0.324. The molecule has 0 aliphatic carbocycles. The molecule has 0 aliphatic rings. The van der Waals surface area contributed by atoms with Crippen molar-refractivity contribution >= 4 is 55.4 Å². The predicted octanol–water partition coefficient (Wildman–Crippen LogP) is 2.48. The van der Waals surface area contributed by atoms with Crippen molar-refractivity contribution in [3.63, 3.8) is 0 Å². The van der Waals surface area contributed by atoms with Crippen molar-refractivity contribution in [3.05, 3.63) is 55.4 Å². The number of halogens is 3. The summed E-state index contributed by atoms with van der Waals surface area (Å²) in [4.78, 5) is 24.2. The third-order valence-corrected chi connectivity index (χ3v) is 5.20. The van der Waals surface area contributed by atoms with Crippen LogP contribution >= 0.6 is 43.5 Å². The van der Waals surface area contributed by atoms with E-state index in [9.17, 15) is 19.8 Å². The number of aromatic hydroxyl groups is 2. The molecule has 0 saturated carbocycles. The standard InChI is InChI=1S/C17H15Br2ClN2O6/c18-11-5-10(15(25)14(19)16(11)26)17(27-12(23)6-21,28-13(24)7-22)8-1-3-9(20)4-2-8/h1-5,25-26H,6-7,21-22H2. The monoisotopic (exact) mass is 536 g/mol. The van der Waals surface area contributed by atoms with Gasteiger partial charge in [-0.3, -0.25) is 9.59 Å². The van der Waals surface area contributed by atoms with Gasteiger partial charge in [-0.2, -0.15) is 0 Å². The molecule has 0 fully saturated rings. The number of carbonyl (C=O) groups is 2. The normalized spacial score (nSPS) is 11.2. The van der Waals surface area contributed by atoms with Crippen LogP contribution in [-0.2, 0) is 24.8 Å². The van der Waals surface area contributed by atoms with Gasteiger partial charge in [-0.15, -0.1) is 0 Å². The van der Waals surface area contributed by atoms with Crippen molar-refractivity contribution in [1.82, 2.24) is 0 Å². The lowest BCUT2D eigenvalue weighted by Gasteiger charge is -2.34. The summed E-state index contributed by atoms with van der Waals surface area (Å²) in [5.41, 5.74) is 10.7. The van der Waals surface area contributed by atoms with Gasteiger partial charge < -0.3 is 31.2 Å². The Morgan fingerprint density at radius 2 is 1.50 bits per heavy atom. The summed E-state index contributed by atoms with van der Waals surface area (Å²) >= 11 is 12.1. The van der Waals surface area contributed by atoms with Gasteiger partial charge in [0.2, 0.25) is 0 Å². The lowest BCUT2D eigenvalue weighted by Crippen LogP contribution is -2.42. The van der Waals surface area contributed by atoms with Crippen LogP contribution in [0.15, 0.2) is 39.3 Å². The van der Waals surface area contributed by atoms with Crippen LogP contribution in [0.3, 0.4) is 0 Å². The van der Waals surface area contributed by atoms with Gasteiger partial charge in [-0.05, 0) is 62.2 Å². The fourth-order valence-electron chi connectivity index (χ4n) is 2.33. The van der Waals surface area contributed by atoms with Crippen LogP contribution in [0, 0.1) is 0 Å². The first-order valence-corrected chi connectivity index (χ1v) is 9.63. The number of hydrogen-bond acceptors (Lipinski definition) is 8. The Balaban J connectivity index is 2.88. The lowest BCUT2D eigenvalue weighted by atomic mass is 9.95. The maximum Gasteiger partial charge on any atom is 0.323 e. The molecule has 2 aromatic rings. The maximum atomic E-state index is 12.1. The minimum atomic E-state index is -2.25. The molecule has 28 heavy (non-hydrogen) atoms. The number of phenolic OH excluding ortho intramolecular Hbond substituents is 2. The number of benzene rings is 2. The van der Waals surface area contributed by atoms with E-state index in [1.165, 1.54) is 30.3 Å². The fourth-order valence-corrected chi connectivity index (χ4v) is 3.57. The van der Waals surface area contributed by atoms with Crippen molar-refractivity contribution in [2.75, 3.05) is 13.1 Å². The fraction of sp³-hybridized carbons (Fsp3) is 0.176. The molecule has 0 heterocycles. The predicted molar refractivity (Wildman–Crippen MR) is 108 cm³/mol. The minimum Gasteiger partial charge on any atom is -0.506 e. The smallest absolute Gasteiger partial charge is 0.323 e. The van der Waals surface area contributed by atoms with Crippen LogP contribution in [-0.4, -0.2) is 35.2 Å². The Morgan fingerprint density at radius 3 is 1.96 bits per heavy atom. The first-order chi connectivity index (χ1) is 13.2. The summed E-state index contributed by atoms with van der Waals surface area (Å²) in [7, 11) is 0. The van der Waals surface area contributed by atoms with Crippen LogP contribution in [0.25, 0.3) is 0 Å². The second-order valence-corrected chi connectivity index (χ2v) is 7.48. The average molecular weight is 539 g/mol. The minimum absolute atomic E-state index is 0.122. The Kier molecular flexibility index (Phi) is 7.29. The first-order valence-electron chi connectivity index (χ1n) is 7.66. The van der Waals surface area contributed by atoms with E-state index in [1.807, 2.05) is 0 Å². The van der Waals surface area contributed by atoms with E-state index >= 15 is 0 Å². The molecule has 11 heteroatoms. The molecule has 0 atom stereocenters. The van der Waals surface area contributed by atoms with Crippen molar-refractivity contribution in [1.29, 1.82) is 0 Å². The van der Waals surface area contributed by atoms with E-state index in [2.05, 4.69) is 31.9 Å². The number of hydrogen-bond donors (Lipinski definition) is 4. The summed E-state index contributed by atoms with van der Waals surface area (Å²) in [6.07, 6.45) is 0. The first kappa shape index (κ1) is 22.4. The Bertz CT molecular complexity index is 890. The van der Waals surface area contributed by atoms with Crippen LogP contribution in [0.5, 0.6) is 11.5 Å². The molecule has 150 valence electrons. The van der Waals surface area contributed by atoms with E-state index in [0.717, 1.165) is 0 Å². The van der Waals surface area contributed by atoms with Gasteiger partial charge >= 0.3 is 17.7 Å². The number of nitrogens with two attached hydrogens (primary N) is 2. The highest BCUT2D eigenvalue weighted by Crippen LogP contribution is 2.48. The molecule has 0 spiro atoms. The van der Waals surface area contributed by atoms with Crippen LogP contribution in [0.1, 0.15) is 11.1 Å². The van der Waals surface area contributed by atoms with Gasteiger partial charge in [0.05, 0.1) is 23.1 Å². The summed E-state index contributed by atoms with van der Waals surface area (Å²) in [5, 5.41) is 21.0. The van der Waals surface area contributed by atoms with Crippen molar-refractivity contribution < 1.29 is 29.3 Å². The number of ether oxygens (including phenoxy) is 2. The summed E-state index contributed by atoms with van der Waals surface area (Å²) in [6.45, 7) is -1.06. The number of rotatable bonds is 6. The van der Waals surface area contributed by atoms with E-state index in [1.54, 1.807) is 0 Å². The topological polar surface area (TPSA) is 145 Å². The largest absolute Gasteiger partial charge is 0.506 e. The molecule has 0 radical (unpaired) electrons. The molecular weight excluding hydrogens is 523 g/mol. The molecule has 2 aromatic carbocycles. The van der Waals surface area contributed by atoms with Gasteiger partial charge in [0, 0.05) is 10.6 Å². The molecule has 0 bridgehead atoms. The molecule has 2 rings (SSSR count). The maximum absolute atomic E-state index is 12.1. The number of phenols is 2. The van der Waals surface area contributed by atoms with Gasteiger partial charge in [0.1, 0.15) is 16.0 Å². The Morgan fingerprint density at radius 1 is 1.00 bits per heavy atom. The van der Waals surface area contributed by atoms with E-state index < -0.39 is 36.6 Å². The van der Waals surface area contributed by atoms with Gasteiger partial charge in [0.25, 0.3) is 0 Å². The lowest BCUT2D eigenvalue weighted by molar-refractivity contribution is -0.217. The zero-order valence-electron chi connectivity index (χ0n) is 14.1. The Labute approximate surface area is 181 Å². The third kappa shape index (κ3) is 4.41. The second-order valence-electron chi connectivity index (χ2n) is 5.40. The van der Waals surface area contributed by atoms with Crippen molar-refractivity contribution in [2.45, 2.75) is 5.79 Å². The number of esters is 2. The zero-order chi connectivity index (χ0) is 21.1. The zero-order valence-corrected chi connectivity index (χ0v) is 18.0. The number of carbonyl (C=O) groups excluding carboxylic acids is 2. The molecule has 0 saturated heterocycles. The molecule has 8 nitrogen and oxygen atoms in total. The van der Waals surface area contributed by atoms with E-state index in [0.29, 0.717) is 5.02 Å². The van der Waals surface area contributed by atoms with Gasteiger partial charge in [0.15, 0.2) is 0 Å². The summed E-state index contributed by atoms with van der Waals surface area (Å²) in [6, 6.07) is 7.05. The van der Waals surface area contributed by atoms with E-state index in [4.69, 9.17) is 32.5 Å². The van der Waals surface area contributed by atoms with Crippen molar-refractivity contribution in [3.8, 4) is 11.5 Å². The highest BCUT2D eigenvalue weighted by atomic mass is 79.9. The van der Waals surface area contributed by atoms with Crippen molar-refractivity contribution in [2.24, 2.45) is 11.5 Å². The SMILES string of the molecule is NCC(=O)OC(OC(=O)CN)(c1ccc(Cl)cc1)c1cc(Br)c(O)c(Br)c1O. The molecule has 0 unspecified atom stereocenters. The highest BCUT2D eigenvalue weighted by molar-refractivity contribution is 9.11. The molecule has 6 N–H and O–H groups in total. The molecular formula is C17H15Br2ClN2O6. The van der Waals surface area contributed by atoms with Crippen LogP contribution < -0.4 is 11.5 Å². The van der Waals surface area contributed by atoms with Crippen LogP contribution in [0.4, 0.5) is 0 Å². The highest BCUT2D eigenvalue weighted by Gasteiger charge is 2.46. The Hall–Kier alpha value is -1.85. The summed E-state index contributed by atoms with van der Waals surface area (Å²) < 4.78 is 10.8. The van der Waals surface area contributed by atoms with Gasteiger partial charge in [-0.1, -0.05) is 11.6 Å². The molecule has 0 amide bonds. The molecule has 0 aromatic heterocycles. The van der Waals surface area contributed by atoms with E-state index in [-0.39, 0.29) is 25.8 Å². The van der Waals surface area contributed by atoms with Gasteiger partial charge in [-0.25, -0.2) is 0 Å². The molecule has 0 aliphatic heterocycles.